The van der Waals surface area contributed by atoms with Crippen LogP contribution in [0.3, 0.4) is 0 Å². The summed E-state index contributed by atoms with van der Waals surface area (Å²) in [5.41, 5.74) is 0.695. The summed E-state index contributed by atoms with van der Waals surface area (Å²) in [6.45, 7) is 5.99. The number of ether oxygens (including phenoxy) is 2. The molecule has 1 N–H and O–H groups in total. The van der Waals surface area contributed by atoms with Crippen molar-refractivity contribution in [1.29, 1.82) is 0 Å². The normalized spacial score (nSPS) is 10.5. The lowest BCUT2D eigenvalue weighted by atomic mass is 10.1. The average Bonchev–Trinajstić information content (AvgIpc) is 3.14. The Morgan fingerprint density at radius 2 is 2.00 bits per heavy atom. The molecule has 140 valence electrons. The van der Waals surface area contributed by atoms with Crippen LogP contribution in [0.25, 0.3) is 0 Å². The van der Waals surface area contributed by atoms with E-state index in [2.05, 4.69) is 26.3 Å². The summed E-state index contributed by atoms with van der Waals surface area (Å²) in [6, 6.07) is 0. The zero-order valence-corrected chi connectivity index (χ0v) is 17.1. The Labute approximate surface area is 162 Å². The number of methoxy groups -OCH3 is 1. The maximum atomic E-state index is 12.6. The first-order valence-electron chi connectivity index (χ1n) is 7.77. The number of nitrogens with one attached hydrogen (secondary N) is 1. The van der Waals surface area contributed by atoms with Crippen LogP contribution in [0.1, 0.15) is 49.9 Å². The van der Waals surface area contributed by atoms with Gasteiger partial charge in [0.25, 0.3) is 5.91 Å². The number of hydrogen-bond donors (Lipinski definition) is 1. The molecule has 10 heteroatoms. The van der Waals surface area contributed by atoms with E-state index in [1.54, 1.807) is 24.7 Å². The topological polar surface area (TPSA) is 99.5 Å². The van der Waals surface area contributed by atoms with Crippen molar-refractivity contribution in [1.82, 2.24) is 9.78 Å². The van der Waals surface area contributed by atoms with Crippen molar-refractivity contribution in [3.8, 4) is 0 Å². The number of halogens is 1. The molecule has 0 aromatic carbocycles. The molecule has 0 spiro atoms. The second-order valence-electron chi connectivity index (χ2n) is 5.11. The number of thiophene rings is 1. The summed E-state index contributed by atoms with van der Waals surface area (Å²) >= 11 is 4.25. The molecule has 0 aliphatic carbocycles. The Morgan fingerprint density at radius 3 is 2.54 bits per heavy atom. The maximum Gasteiger partial charge on any atom is 0.348 e. The van der Waals surface area contributed by atoms with Gasteiger partial charge in [-0.05, 0) is 42.3 Å². The quantitative estimate of drug-likeness (QED) is 0.687. The summed E-state index contributed by atoms with van der Waals surface area (Å²) in [5, 5.41) is 7.02. The molecule has 2 aromatic heterocycles. The van der Waals surface area contributed by atoms with Gasteiger partial charge in [-0.1, -0.05) is 0 Å². The number of rotatable bonds is 6. The van der Waals surface area contributed by atoms with Gasteiger partial charge in [0.15, 0.2) is 5.69 Å². The van der Waals surface area contributed by atoms with Gasteiger partial charge < -0.3 is 14.8 Å². The van der Waals surface area contributed by atoms with Crippen LogP contribution in [0.15, 0.2) is 10.7 Å². The van der Waals surface area contributed by atoms with Crippen molar-refractivity contribution in [2.75, 3.05) is 19.0 Å². The zero-order valence-electron chi connectivity index (χ0n) is 14.7. The van der Waals surface area contributed by atoms with Crippen molar-refractivity contribution < 1.29 is 23.9 Å². The molecule has 0 aliphatic rings. The fourth-order valence-corrected chi connectivity index (χ4v) is 3.80. The Balaban J connectivity index is 2.42. The molecule has 0 saturated heterocycles. The maximum absolute atomic E-state index is 12.6. The molecular formula is C16H18BrN3O5S. The molecule has 2 aromatic rings. The van der Waals surface area contributed by atoms with E-state index in [0.717, 1.165) is 11.3 Å². The van der Waals surface area contributed by atoms with Gasteiger partial charge in [-0.25, -0.2) is 9.59 Å². The molecule has 26 heavy (non-hydrogen) atoms. The number of nitrogens with zero attached hydrogens (tertiary/aromatic N) is 2. The number of carbonyl (C=O) groups is 3. The highest BCUT2D eigenvalue weighted by Crippen LogP contribution is 2.34. The zero-order chi connectivity index (χ0) is 19.4. The molecule has 2 heterocycles. The van der Waals surface area contributed by atoms with Gasteiger partial charge >= 0.3 is 11.9 Å². The molecule has 0 atom stereocenters. The van der Waals surface area contributed by atoms with Crippen LogP contribution < -0.4 is 5.32 Å². The van der Waals surface area contributed by atoms with Gasteiger partial charge in [0.1, 0.15) is 9.88 Å². The monoisotopic (exact) mass is 443 g/mol. The SMILES string of the molecule is CCOC(=O)c1sc(NC(=O)c2nn(CC)cc2Br)c(C(=O)OC)c1C. The Morgan fingerprint density at radius 1 is 1.31 bits per heavy atom. The van der Waals surface area contributed by atoms with Gasteiger partial charge in [0.2, 0.25) is 0 Å². The lowest BCUT2D eigenvalue weighted by molar-refractivity contribution is 0.0531. The number of carbonyl (C=O) groups excluding carboxylic acids is 3. The third-order valence-corrected chi connectivity index (χ3v) is 5.25. The van der Waals surface area contributed by atoms with Crippen molar-refractivity contribution in [3.63, 3.8) is 0 Å². The number of esters is 2. The average molecular weight is 444 g/mol. The number of aromatic nitrogens is 2. The standard InChI is InChI=1S/C16H18BrN3O5S/c1-5-20-7-9(17)11(19-20)13(21)18-14-10(15(22)24-4)8(3)12(26-14)16(23)25-6-2/h7H,5-6H2,1-4H3,(H,18,21). The van der Waals surface area contributed by atoms with E-state index in [1.807, 2.05) is 6.92 Å². The van der Waals surface area contributed by atoms with Gasteiger partial charge in [0, 0.05) is 12.7 Å². The van der Waals surface area contributed by atoms with Gasteiger partial charge in [-0.15, -0.1) is 11.3 Å². The molecule has 0 bridgehead atoms. The van der Waals surface area contributed by atoms with E-state index in [4.69, 9.17) is 9.47 Å². The minimum atomic E-state index is -0.650. The van der Waals surface area contributed by atoms with Gasteiger partial charge in [-0.3, -0.25) is 9.48 Å². The first-order valence-corrected chi connectivity index (χ1v) is 9.38. The van der Waals surface area contributed by atoms with Gasteiger partial charge in [-0.2, -0.15) is 5.10 Å². The van der Waals surface area contributed by atoms with Crippen LogP contribution in [0.5, 0.6) is 0 Å². The lowest BCUT2D eigenvalue weighted by Crippen LogP contribution is -2.15. The highest BCUT2D eigenvalue weighted by atomic mass is 79.9. The summed E-state index contributed by atoms with van der Waals surface area (Å²) in [6.07, 6.45) is 1.68. The second kappa shape index (κ2) is 8.45. The summed E-state index contributed by atoms with van der Waals surface area (Å²) in [4.78, 5) is 37.0. The number of hydrogen-bond acceptors (Lipinski definition) is 7. The van der Waals surface area contributed by atoms with Crippen LogP contribution in [0.2, 0.25) is 0 Å². The lowest BCUT2D eigenvalue weighted by Gasteiger charge is -2.05. The first-order chi connectivity index (χ1) is 12.3. The van der Waals surface area contributed by atoms with E-state index in [1.165, 1.54) is 7.11 Å². The largest absolute Gasteiger partial charge is 0.465 e. The molecule has 2 rings (SSSR count). The van der Waals surface area contributed by atoms with E-state index >= 15 is 0 Å². The Bertz CT molecular complexity index is 858. The van der Waals surface area contributed by atoms with Crippen molar-refractivity contribution in [2.45, 2.75) is 27.3 Å². The summed E-state index contributed by atoms with van der Waals surface area (Å²) < 4.78 is 11.9. The minimum absolute atomic E-state index is 0.125. The molecule has 0 fully saturated rings. The summed E-state index contributed by atoms with van der Waals surface area (Å²) in [5.74, 6) is -1.72. The minimum Gasteiger partial charge on any atom is -0.465 e. The number of aryl methyl sites for hydroxylation is 1. The third-order valence-electron chi connectivity index (χ3n) is 3.48. The molecule has 8 nitrogen and oxygen atoms in total. The second-order valence-corrected chi connectivity index (χ2v) is 6.98. The van der Waals surface area contributed by atoms with Crippen LogP contribution in [0, 0.1) is 6.92 Å². The molecular weight excluding hydrogens is 426 g/mol. The first kappa shape index (κ1) is 20.1. The highest BCUT2D eigenvalue weighted by Gasteiger charge is 2.28. The smallest absolute Gasteiger partial charge is 0.348 e. The molecule has 0 unspecified atom stereocenters. The van der Waals surface area contributed by atoms with Crippen LogP contribution in [0.4, 0.5) is 5.00 Å². The Kier molecular flexibility index (Phi) is 6.54. The molecule has 0 saturated carbocycles. The molecule has 0 radical (unpaired) electrons. The van der Waals surface area contributed by atoms with Crippen LogP contribution >= 0.6 is 27.3 Å². The van der Waals surface area contributed by atoms with Crippen molar-refractivity contribution >= 4 is 50.1 Å². The van der Waals surface area contributed by atoms with Crippen LogP contribution in [-0.4, -0.2) is 41.3 Å². The highest BCUT2D eigenvalue weighted by molar-refractivity contribution is 9.10. The van der Waals surface area contributed by atoms with Crippen molar-refractivity contribution in [2.24, 2.45) is 0 Å². The number of anilines is 1. The summed E-state index contributed by atoms with van der Waals surface area (Å²) in [7, 11) is 1.23. The van der Waals surface area contributed by atoms with E-state index in [0.29, 0.717) is 16.6 Å². The number of amides is 1. The fraction of sp³-hybridized carbons (Fsp3) is 0.375. The predicted molar refractivity (Wildman–Crippen MR) is 99.9 cm³/mol. The fourth-order valence-electron chi connectivity index (χ4n) is 2.22. The van der Waals surface area contributed by atoms with Crippen LogP contribution in [-0.2, 0) is 16.0 Å². The molecule has 1 amide bonds. The Hall–Kier alpha value is -2.20. The third kappa shape index (κ3) is 3.96. The van der Waals surface area contributed by atoms with E-state index in [9.17, 15) is 14.4 Å². The molecule has 0 aliphatic heterocycles. The van der Waals surface area contributed by atoms with E-state index < -0.39 is 17.8 Å². The van der Waals surface area contributed by atoms with Gasteiger partial charge in [0.05, 0.1) is 23.8 Å². The van der Waals surface area contributed by atoms with E-state index in [-0.39, 0.29) is 27.7 Å². The predicted octanol–water partition coefficient (Wildman–Crippen LogP) is 3.25. The van der Waals surface area contributed by atoms with Crippen molar-refractivity contribution in [3.05, 3.63) is 32.4 Å².